The Balaban J connectivity index is 1.64. The summed E-state index contributed by atoms with van der Waals surface area (Å²) in [7, 11) is 0. The normalized spacial score (nSPS) is 14.4. The molecule has 0 bridgehead atoms. The smallest absolute Gasteiger partial charge is 0.335 e. The van der Waals surface area contributed by atoms with Crippen LogP contribution in [0.25, 0.3) is 6.08 Å². The summed E-state index contributed by atoms with van der Waals surface area (Å²) in [5.74, 6) is -2.72. The number of hydrogen-bond donors (Lipinski definition) is 2. The summed E-state index contributed by atoms with van der Waals surface area (Å²) < 4.78 is 25.4. The van der Waals surface area contributed by atoms with Gasteiger partial charge in [0.2, 0.25) is 0 Å². The van der Waals surface area contributed by atoms with Crippen LogP contribution in [0.4, 0.5) is 14.9 Å². The number of hydrogen-bond acceptors (Lipinski definition) is 6. The molecule has 1 aliphatic rings. The van der Waals surface area contributed by atoms with Gasteiger partial charge in [0.05, 0.1) is 17.9 Å². The fourth-order valence-corrected chi connectivity index (χ4v) is 4.07. The zero-order valence-corrected chi connectivity index (χ0v) is 21.5. The van der Waals surface area contributed by atoms with Crippen LogP contribution in [-0.4, -0.2) is 35.5 Å². The highest BCUT2D eigenvalue weighted by molar-refractivity contribution is 9.10. The summed E-state index contributed by atoms with van der Waals surface area (Å²) in [5.41, 5.74) is 0.918. The van der Waals surface area contributed by atoms with Gasteiger partial charge in [-0.1, -0.05) is 28.1 Å². The first-order valence-corrected chi connectivity index (χ1v) is 12.1. The van der Waals surface area contributed by atoms with E-state index >= 15 is 0 Å². The predicted molar refractivity (Wildman–Crippen MR) is 138 cm³/mol. The largest absolute Gasteiger partial charge is 0.490 e. The van der Waals surface area contributed by atoms with E-state index in [4.69, 9.17) is 9.47 Å². The number of aromatic carboxylic acids is 1. The van der Waals surface area contributed by atoms with Gasteiger partial charge in [-0.05, 0) is 72.7 Å². The highest BCUT2D eigenvalue weighted by Gasteiger charge is 2.37. The molecule has 11 heteroatoms. The first-order chi connectivity index (χ1) is 18.2. The minimum atomic E-state index is -1.05. The van der Waals surface area contributed by atoms with Gasteiger partial charge in [0.1, 0.15) is 18.0 Å². The molecule has 0 radical (unpaired) electrons. The van der Waals surface area contributed by atoms with Crippen LogP contribution in [0.2, 0.25) is 0 Å². The molecule has 0 saturated carbocycles. The van der Waals surface area contributed by atoms with Crippen molar-refractivity contribution in [1.82, 2.24) is 5.32 Å². The number of nitrogens with zero attached hydrogens (tertiary/aromatic N) is 1. The van der Waals surface area contributed by atoms with Gasteiger partial charge in [-0.25, -0.2) is 18.9 Å². The van der Waals surface area contributed by atoms with Gasteiger partial charge in [-0.3, -0.25) is 14.9 Å². The predicted octanol–water partition coefficient (Wildman–Crippen LogP) is 4.93. The van der Waals surface area contributed by atoms with E-state index in [1.807, 2.05) is 0 Å². The van der Waals surface area contributed by atoms with E-state index in [2.05, 4.69) is 21.2 Å². The molecule has 1 fully saturated rings. The second kappa shape index (κ2) is 11.3. The van der Waals surface area contributed by atoms with Crippen molar-refractivity contribution in [2.75, 3.05) is 11.5 Å². The van der Waals surface area contributed by atoms with Crippen molar-refractivity contribution in [3.8, 4) is 11.5 Å². The summed E-state index contributed by atoms with van der Waals surface area (Å²) in [6, 6.07) is 13.2. The maximum Gasteiger partial charge on any atom is 0.335 e. The highest BCUT2D eigenvalue weighted by atomic mass is 79.9. The number of halogens is 2. The molecule has 1 aliphatic heterocycles. The molecule has 0 aliphatic carbocycles. The van der Waals surface area contributed by atoms with Crippen LogP contribution in [0, 0.1) is 5.82 Å². The Morgan fingerprint density at radius 1 is 1.05 bits per heavy atom. The molecule has 2 N–H and O–H groups in total. The molecule has 38 heavy (non-hydrogen) atoms. The number of imide groups is 2. The Hall–Kier alpha value is -4.51. The van der Waals surface area contributed by atoms with Crippen LogP contribution in [0.15, 0.2) is 70.7 Å². The van der Waals surface area contributed by atoms with E-state index in [1.165, 1.54) is 30.3 Å². The standard InChI is InChI=1S/C27H20BrFN2O7/c1-2-37-22-12-17(21(28)13-23(22)38-14-15-4-3-5-16(10-15)26(34)35)11-20-24(32)30-27(36)31(25(20)33)19-8-6-18(29)7-9-19/h3-13H,2,14H2,1H3,(H,34,35)(H,30,32,36)/b20-11+. The number of carboxylic acids is 1. The molecule has 4 amide bonds. The summed E-state index contributed by atoms with van der Waals surface area (Å²) in [4.78, 5) is 50.0. The quantitative estimate of drug-likeness (QED) is 0.285. The van der Waals surface area contributed by atoms with Gasteiger partial charge >= 0.3 is 12.0 Å². The van der Waals surface area contributed by atoms with Crippen LogP contribution < -0.4 is 19.7 Å². The van der Waals surface area contributed by atoms with E-state index in [9.17, 15) is 28.7 Å². The van der Waals surface area contributed by atoms with Gasteiger partial charge < -0.3 is 14.6 Å². The van der Waals surface area contributed by atoms with E-state index in [0.717, 1.165) is 17.0 Å². The Bertz CT molecular complexity index is 1470. The van der Waals surface area contributed by atoms with Gasteiger partial charge in [-0.2, -0.15) is 0 Å². The monoisotopic (exact) mass is 582 g/mol. The lowest BCUT2D eigenvalue weighted by molar-refractivity contribution is -0.122. The molecule has 1 saturated heterocycles. The highest BCUT2D eigenvalue weighted by Crippen LogP contribution is 2.36. The molecular weight excluding hydrogens is 563 g/mol. The molecule has 0 unspecified atom stereocenters. The maximum absolute atomic E-state index is 13.3. The summed E-state index contributed by atoms with van der Waals surface area (Å²) in [6.07, 6.45) is 1.30. The molecule has 194 valence electrons. The number of benzene rings is 3. The van der Waals surface area contributed by atoms with E-state index in [1.54, 1.807) is 31.2 Å². The van der Waals surface area contributed by atoms with Crippen molar-refractivity contribution in [1.29, 1.82) is 0 Å². The van der Waals surface area contributed by atoms with Crippen molar-refractivity contribution >= 4 is 51.5 Å². The lowest BCUT2D eigenvalue weighted by atomic mass is 10.1. The fraction of sp³-hybridized carbons (Fsp3) is 0.111. The lowest BCUT2D eigenvalue weighted by Gasteiger charge is -2.26. The van der Waals surface area contributed by atoms with E-state index in [0.29, 0.717) is 27.1 Å². The minimum Gasteiger partial charge on any atom is -0.490 e. The summed E-state index contributed by atoms with van der Waals surface area (Å²) in [5, 5.41) is 11.3. The number of urea groups is 1. The Labute approximate surface area is 224 Å². The number of anilines is 1. The Kier molecular flexibility index (Phi) is 7.87. The second-order valence-electron chi connectivity index (χ2n) is 7.98. The number of amides is 4. The number of barbiturate groups is 1. The van der Waals surface area contributed by atoms with Gasteiger partial charge in [0.25, 0.3) is 11.8 Å². The van der Waals surface area contributed by atoms with Crippen LogP contribution in [0.3, 0.4) is 0 Å². The van der Waals surface area contributed by atoms with Crippen LogP contribution in [0.1, 0.15) is 28.4 Å². The van der Waals surface area contributed by atoms with Gasteiger partial charge in [-0.15, -0.1) is 0 Å². The first kappa shape index (κ1) is 26.6. The number of carbonyl (C=O) groups excluding carboxylic acids is 3. The zero-order valence-electron chi connectivity index (χ0n) is 19.9. The number of ether oxygens (including phenoxy) is 2. The summed E-state index contributed by atoms with van der Waals surface area (Å²) in [6.45, 7) is 2.11. The van der Waals surface area contributed by atoms with Crippen molar-refractivity contribution in [2.45, 2.75) is 13.5 Å². The van der Waals surface area contributed by atoms with E-state index in [-0.39, 0.29) is 30.0 Å². The molecule has 1 heterocycles. The number of rotatable bonds is 8. The molecule has 9 nitrogen and oxygen atoms in total. The molecular formula is C27H20BrFN2O7. The first-order valence-electron chi connectivity index (χ1n) is 11.3. The van der Waals surface area contributed by atoms with Gasteiger partial charge in [0, 0.05) is 4.47 Å². The van der Waals surface area contributed by atoms with E-state index < -0.39 is 29.6 Å². The average molecular weight is 583 g/mol. The molecule has 0 atom stereocenters. The molecule has 4 rings (SSSR count). The second-order valence-corrected chi connectivity index (χ2v) is 8.84. The maximum atomic E-state index is 13.3. The zero-order chi connectivity index (χ0) is 27.4. The third-order valence-electron chi connectivity index (χ3n) is 5.42. The lowest BCUT2D eigenvalue weighted by Crippen LogP contribution is -2.54. The number of nitrogens with one attached hydrogen (secondary N) is 1. The van der Waals surface area contributed by atoms with Crippen LogP contribution >= 0.6 is 15.9 Å². The molecule has 0 spiro atoms. The molecule has 0 aromatic heterocycles. The molecule has 3 aromatic rings. The Morgan fingerprint density at radius 3 is 2.45 bits per heavy atom. The van der Waals surface area contributed by atoms with Crippen molar-refractivity contribution < 1.29 is 38.1 Å². The summed E-state index contributed by atoms with van der Waals surface area (Å²) >= 11 is 3.41. The molecule has 3 aromatic carbocycles. The Morgan fingerprint density at radius 2 is 1.76 bits per heavy atom. The minimum absolute atomic E-state index is 0.0592. The SMILES string of the molecule is CCOc1cc(/C=C2\C(=O)NC(=O)N(c3ccc(F)cc3)C2=O)c(Br)cc1OCc1cccc(C(=O)O)c1. The number of carbonyl (C=O) groups is 4. The van der Waals surface area contributed by atoms with Gasteiger partial charge in [0.15, 0.2) is 11.5 Å². The van der Waals surface area contributed by atoms with Crippen LogP contribution in [-0.2, 0) is 16.2 Å². The van der Waals surface area contributed by atoms with Crippen molar-refractivity contribution in [2.24, 2.45) is 0 Å². The third-order valence-corrected chi connectivity index (χ3v) is 6.10. The fourth-order valence-electron chi connectivity index (χ4n) is 3.64. The number of carboxylic acid groups (broad SMARTS) is 1. The third kappa shape index (κ3) is 5.73. The average Bonchev–Trinajstić information content (AvgIpc) is 2.88. The van der Waals surface area contributed by atoms with Crippen molar-refractivity contribution in [3.63, 3.8) is 0 Å². The van der Waals surface area contributed by atoms with Crippen molar-refractivity contribution in [3.05, 3.63) is 93.2 Å². The topological polar surface area (TPSA) is 122 Å². The van der Waals surface area contributed by atoms with Crippen LogP contribution in [0.5, 0.6) is 11.5 Å².